The molecule has 1 unspecified atom stereocenters. The lowest BCUT2D eigenvalue weighted by Gasteiger charge is -2.22. The third-order valence-corrected chi connectivity index (χ3v) is 2.38. The Morgan fingerprint density at radius 3 is 2.91 bits per heavy atom. The van der Waals surface area contributed by atoms with E-state index in [0.29, 0.717) is 6.04 Å². The largest absolute Gasteiger partial charge is 0.324 e. The highest BCUT2D eigenvalue weighted by atomic mass is 14.6. The van der Waals surface area contributed by atoms with E-state index in [1.165, 1.54) is 17.6 Å². The molecule has 0 spiro atoms. The fourth-order valence-electron chi connectivity index (χ4n) is 1.75. The molecule has 1 atom stereocenters. The predicted octanol–water partition coefficient (Wildman–Crippen LogP) is 1.92. The van der Waals surface area contributed by atoms with Crippen molar-refractivity contribution >= 4 is 0 Å². The minimum atomic E-state index is 0.292. The molecule has 0 radical (unpaired) electrons. The molecule has 0 aliphatic heterocycles. The zero-order chi connectivity index (χ0) is 7.68. The Hall–Kier alpha value is -0.820. The van der Waals surface area contributed by atoms with E-state index >= 15 is 0 Å². The van der Waals surface area contributed by atoms with E-state index in [9.17, 15) is 0 Å². The van der Waals surface area contributed by atoms with Crippen molar-refractivity contribution < 1.29 is 0 Å². The molecule has 58 valence electrons. The van der Waals surface area contributed by atoms with E-state index in [1.807, 2.05) is 0 Å². The highest BCUT2D eigenvalue weighted by molar-refractivity contribution is 5.43. The van der Waals surface area contributed by atoms with Gasteiger partial charge in [0, 0.05) is 6.04 Å². The molecule has 0 aromatic heterocycles. The average molecular weight is 147 g/mol. The van der Waals surface area contributed by atoms with Crippen molar-refractivity contribution in [3.8, 4) is 0 Å². The van der Waals surface area contributed by atoms with Crippen molar-refractivity contribution in [3.05, 3.63) is 35.5 Å². The van der Waals surface area contributed by atoms with Gasteiger partial charge < -0.3 is 5.73 Å². The van der Waals surface area contributed by atoms with Crippen LogP contribution in [0, 0.1) is 0 Å². The van der Waals surface area contributed by atoms with E-state index < -0.39 is 0 Å². The van der Waals surface area contributed by atoms with Crippen LogP contribution in [0.5, 0.6) is 0 Å². The lowest BCUT2D eigenvalue weighted by molar-refractivity contribution is 0.712. The van der Waals surface area contributed by atoms with E-state index in [1.54, 1.807) is 0 Å². The van der Waals surface area contributed by atoms with Crippen molar-refractivity contribution in [1.29, 1.82) is 0 Å². The maximum atomic E-state index is 5.95. The van der Waals surface area contributed by atoms with Crippen molar-refractivity contribution in [1.82, 2.24) is 0 Å². The number of nitrogens with two attached hydrogens (primary N) is 1. The minimum absolute atomic E-state index is 0.292. The van der Waals surface area contributed by atoms with Crippen LogP contribution in [0.4, 0.5) is 0 Å². The van der Waals surface area contributed by atoms with Crippen LogP contribution in [-0.4, -0.2) is 6.04 Å². The van der Waals surface area contributed by atoms with E-state index in [2.05, 4.69) is 24.3 Å². The zero-order valence-electron chi connectivity index (χ0n) is 6.59. The Balaban J connectivity index is 2.35. The topological polar surface area (TPSA) is 26.0 Å². The van der Waals surface area contributed by atoms with Crippen molar-refractivity contribution in [2.24, 2.45) is 5.73 Å². The minimum Gasteiger partial charge on any atom is -0.324 e. The third-order valence-electron chi connectivity index (χ3n) is 2.38. The number of hydrogen-bond acceptors (Lipinski definition) is 1. The van der Waals surface area contributed by atoms with Gasteiger partial charge in [0.15, 0.2) is 0 Å². The standard InChI is InChI=1S/C10H13N/c11-10-7-3-5-8-4-1-2-6-9(8)10/h1,3-5,10H,2,6-7,11H2. The first-order valence-electron chi connectivity index (χ1n) is 4.19. The average Bonchev–Trinajstić information content (AvgIpc) is 2.06. The third kappa shape index (κ3) is 1.16. The number of rotatable bonds is 0. The van der Waals surface area contributed by atoms with Crippen LogP contribution in [0.15, 0.2) is 35.5 Å². The van der Waals surface area contributed by atoms with Gasteiger partial charge >= 0.3 is 0 Å². The second-order valence-electron chi connectivity index (χ2n) is 3.17. The summed E-state index contributed by atoms with van der Waals surface area (Å²) in [6.45, 7) is 0. The summed E-state index contributed by atoms with van der Waals surface area (Å²) in [7, 11) is 0. The molecule has 0 saturated heterocycles. The molecule has 2 aliphatic carbocycles. The molecular formula is C10H13N. The summed E-state index contributed by atoms with van der Waals surface area (Å²) in [6, 6.07) is 0.292. The summed E-state index contributed by atoms with van der Waals surface area (Å²) in [6.07, 6.45) is 12.1. The maximum Gasteiger partial charge on any atom is 0.0297 e. The monoisotopic (exact) mass is 147 g/mol. The van der Waals surface area contributed by atoms with Gasteiger partial charge in [-0.15, -0.1) is 0 Å². The van der Waals surface area contributed by atoms with E-state index in [0.717, 1.165) is 12.8 Å². The Labute approximate surface area is 67.3 Å². The summed E-state index contributed by atoms with van der Waals surface area (Å²) >= 11 is 0. The molecule has 2 aliphatic rings. The molecule has 1 heteroatoms. The number of allylic oxidation sites excluding steroid dienone is 4. The van der Waals surface area contributed by atoms with Crippen LogP contribution < -0.4 is 5.73 Å². The smallest absolute Gasteiger partial charge is 0.0297 e. The molecule has 2 N–H and O–H groups in total. The normalized spacial score (nSPS) is 29.0. The quantitative estimate of drug-likeness (QED) is 0.556. The summed E-state index contributed by atoms with van der Waals surface area (Å²) in [5.41, 5.74) is 8.76. The molecule has 0 aromatic carbocycles. The van der Waals surface area contributed by atoms with Crippen LogP contribution >= 0.6 is 0 Å². The summed E-state index contributed by atoms with van der Waals surface area (Å²) < 4.78 is 0. The van der Waals surface area contributed by atoms with Crippen LogP contribution in [0.2, 0.25) is 0 Å². The first kappa shape index (κ1) is 6.86. The Bertz CT molecular complexity index is 242. The molecule has 2 rings (SSSR count). The fraction of sp³-hybridized carbons (Fsp3) is 0.400. The Kier molecular flexibility index (Phi) is 1.66. The molecule has 0 heterocycles. The Morgan fingerprint density at radius 2 is 2.09 bits per heavy atom. The SMILES string of the molecule is NC1CC=CC2=C1CCC=C2. The van der Waals surface area contributed by atoms with Gasteiger partial charge in [-0.3, -0.25) is 0 Å². The molecule has 0 saturated carbocycles. The molecule has 0 bridgehead atoms. The molecular weight excluding hydrogens is 134 g/mol. The van der Waals surface area contributed by atoms with Gasteiger partial charge in [0.05, 0.1) is 0 Å². The van der Waals surface area contributed by atoms with Gasteiger partial charge in [-0.2, -0.15) is 0 Å². The fourth-order valence-corrected chi connectivity index (χ4v) is 1.75. The summed E-state index contributed by atoms with van der Waals surface area (Å²) in [5.74, 6) is 0. The number of hydrogen-bond donors (Lipinski definition) is 1. The molecule has 0 amide bonds. The Morgan fingerprint density at radius 1 is 1.27 bits per heavy atom. The molecule has 0 aromatic rings. The van der Waals surface area contributed by atoms with Crippen LogP contribution in [-0.2, 0) is 0 Å². The van der Waals surface area contributed by atoms with Crippen molar-refractivity contribution in [3.63, 3.8) is 0 Å². The van der Waals surface area contributed by atoms with Crippen LogP contribution in [0.3, 0.4) is 0 Å². The van der Waals surface area contributed by atoms with Gasteiger partial charge in [-0.25, -0.2) is 0 Å². The summed E-state index contributed by atoms with van der Waals surface area (Å²) in [4.78, 5) is 0. The van der Waals surface area contributed by atoms with Gasteiger partial charge in [-0.1, -0.05) is 24.3 Å². The van der Waals surface area contributed by atoms with E-state index in [-0.39, 0.29) is 0 Å². The maximum absolute atomic E-state index is 5.95. The van der Waals surface area contributed by atoms with Crippen LogP contribution in [0.25, 0.3) is 0 Å². The van der Waals surface area contributed by atoms with Crippen LogP contribution in [0.1, 0.15) is 19.3 Å². The lowest BCUT2D eigenvalue weighted by atomic mass is 9.87. The van der Waals surface area contributed by atoms with Gasteiger partial charge in [0.1, 0.15) is 0 Å². The van der Waals surface area contributed by atoms with Gasteiger partial charge in [-0.05, 0) is 30.4 Å². The second-order valence-corrected chi connectivity index (χ2v) is 3.17. The first-order chi connectivity index (χ1) is 5.38. The highest BCUT2D eigenvalue weighted by Gasteiger charge is 2.15. The zero-order valence-corrected chi connectivity index (χ0v) is 6.59. The van der Waals surface area contributed by atoms with E-state index in [4.69, 9.17) is 5.73 Å². The molecule has 0 fully saturated rings. The van der Waals surface area contributed by atoms with Crippen molar-refractivity contribution in [2.75, 3.05) is 0 Å². The van der Waals surface area contributed by atoms with Crippen molar-refractivity contribution in [2.45, 2.75) is 25.3 Å². The van der Waals surface area contributed by atoms with Gasteiger partial charge in [0.2, 0.25) is 0 Å². The second kappa shape index (κ2) is 2.67. The van der Waals surface area contributed by atoms with Gasteiger partial charge in [0.25, 0.3) is 0 Å². The molecule has 1 nitrogen and oxygen atoms in total. The lowest BCUT2D eigenvalue weighted by Crippen LogP contribution is -2.25. The first-order valence-corrected chi connectivity index (χ1v) is 4.19. The highest BCUT2D eigenvalue weighted by Crippen LogP contribution is 2.26. The molecule has 11 heavy (non-hydrogen) atoms. The predicted molar refractivity (Wildman–Crippen MR) is 47.1 cm³/mol. The summed E-state index contributed by atoms with van der Waals surface area (Å²) in [5, 5.41) is 0.